The van der Waals surface area contributed by atoms with Crippen LogP contribution >= 0.6 is 11.8 Å². The lowest BCUT2D eigenvalue weighted by Gasteiger charge is -2.21. The van der Waals surface area contributed by atoms with E-state index < -0.39 is 0 Å². The van der Waals surface area contributed by atoms with E-state index >= 15 is 0 Å². The Bertz CT molecular complexity index is 280. The normalized spacial score (nSPS) is 21.9. The fraction of sp³-hybridized carbons (Fsp3) is 0.455. The molecule has 0 amide bonds. The molecule has 1 heterocycles. The molecular weight excluding hydrogens is 194 g/mol. The average molecular weight is 208 g/mol. The zero-order valence-electron chi connectivity index (χ0n) is 8.27. The fourth-order valence-electron chi connectivity index (χ4n) is 1.54. The second-order valence-corrected chi connectivity index (χ2v) is 4.57. The molecule has 1 fully saturated rings. The molecule has 1 radical (unpaired) electrons. The molecule has 0 saturated carbocycles. The first-order valence-corrected chi connectivity index (χ1v) is 5.84. The molecule has 0 bridgehead atoms. The Hall–Kier alpha value is -0.670. The van der Waals surface area contributed by atoms with Crippen LogP contribution in [0.5, 0.6) is 5.75 Å². The Morgan fingerprint density at radius 3 is 2.71 bits per heavy atom. The highest BCUT2D eigenvalue weighted by Crippen LogP contribution is 2.31. The summed E-state index contributed by atoms with van der Waals surface area (Å²) in [5, 5.41) is 4.98. The van der Waals surface area contributed by atoms with Crippen molar-refractivity contribution in [3.05, 3.63) is 29.8 Å². The van der Waals surface area contributed by atoms with E-state index in [1.165, 1.54) is 5.56 Å². The van der Waals surface area contributed by atoms with Gasteiger partial charge in [0.2, 0.25) is 0 Å². The Labute approximate surface area is 89.0 Å². The summed E-state index contributed by atoms with van der Waals surface area (Å²) < 4.78 is 5.13. The molecule has 75 valence electrons. The molecule has 0 spiro atoms. The van der Waals surface area contributed by atoms with Crippen LogP contribution in [0.2, 0.25) is 0 Å². The number of nitrogens with zero attached hydrogens (tertiary/aromatic N) is 1. The van der Waals surface area contributed by atoms with Crippen molar-refractivity contribution in [3.8, 4) is 5.75 Å². The summed E-state index contributed by atoms with van der Waals surface area (Å²) in [7, 11) is 1.69. The van der Waals surface area contributed by atoms with Crippen LogP contribution in [0.3, 0.4) is 0 Å². The molecule has 1 atom stereocenters. The van der Waals surface area contributed by atoms with Crippen molar-refractivity contribution in [2.45, 2.75) is 5.25 Å². The largest absolute Gasteiger partial charge is 0.497 e. The van der Waals surface area contributed by atoms with Gasteiger partial charge in [-0.25, -0.2) is 5.32 Å². The van der Waals surface area contributed by atoms with Gasteiger partial charge >= 0.3 is 0 Å². The predicted octanol–water partition coefficient (Wildman–Crippen LogP) is 2.09. The van der Waals surface area contributed by atoms with Crippen molar-refractivity contribution in [3.63, 3.8) is 0 Å². The van der Waals surface area contributed by atoms with Crippen molar-refractivity contribution in [2.75, 3.05) is 26.0 Å². The van der Waals surface area contributed by atoms with Gasteiger partial charge in [0.1, 0.15) is 5.75 Å². The topological polar surface area (TPSA) is 23.3 Å². The van der Waals surface area contributed by atoms with Gasteiger partial charge in [-0.2, -0.15) is 11.8 Å². The van der Waals surface area contributed by atoms with Crippen LogP contribution in [0, 0.1) is 0 Å². The van der Waals surface area contributed by atoms with Crippen molar-refractivity contribution in [2.24, 2.45) is 0 Å². The Morgan fingerprint density at radius 1 is 1.36 bits per heavy atom. The maximum absolute atomic E-state index is 5.13. The molecule has 1 unspecified atom stereocenters. The van der Waals surface area contributed by atoms with Crippen LogP contribution < -0.4 is 10.1 Å². The van der Waals surface area contributed by atoms with Crippen molar-refractivity contribution >= 4 is 11.8 Å². The van der Waals surface area contributed by atoms with Crippen LogP contribution in [0.15, 0.2) is 24.3 Å². The highest BCUT2D eigenvalue weighted by atomic mass is 32.2. The first-order valence-electron chi connectivity index (χ1n) is 4.79. The van der Waals surface area contributed by atoms with E-state index in [-0.39, 0.29) is 0 Å². The maximum atomic E-state index is 5.13. The number of hydrogen-bond acceptors (Lipinski definition) is 2. The second kappa shape index (κ2) is 4.71. The lowest BCUT2D eigenvalue weighted by molar-refractivity contribution is 0.414. The first kappa shape index (κ1) is 9.87. The third kappa shape index (κ3) is 2.22. The quantitative estimate of drug-likeness (QED) is 0.743. The first-order chi connectivity index (χ1) is 6.90. The molecule has 2 rings (SSSR count). The summed E-state index contributed by atoms with van der Waals surface area (Å²) in [5.41, 5.74) is 1.36. The van der Waals surface area contributed by atoms with E-state index in [0.29, 0.717) is 5.25 Å². The summed E-state index contributed by atoms with van der Waals surface area (Å²) in [5.74, 6) is 2.07. The van der Waals surface area contributed by atoms with E-state index in [4.69, 9.17) is 4.74 Å². The minimum atomic E-state index is 0.551. The SMILES string of the molecule is COc1ccc(C2C[N]CCS2)cc1. The molecule has 1 aromatic rings. The van der Waals surface area contributed by atoms with Gasteiger partial charge in [-0.3, -0.25) is 0 Å². The van der Waals surface area contributed by atoms with E-state index in [0.717, 1.165) is 24.6 Å². The van der Waals surface area contributed by atoms with Gasteiger partial charge in [0.25, 0.3) is 0 Å². The van der Waals surface area contributed by atoms with Crippen LogP contribution in [-0.4, -0.2) is 26.0 Å². The lowest BCUT2D eigenvalue weighted by Crippen LogP contribution is -2.21. The summed E-state index contributed by atoms with van der Waals surface area (Å²) in [6.45, 7) is 1.97. The fourth-order valence-corrected chi connectivity index (χ4v) is 2.62. The van der Waals surface area contributed by atoms with E-state index in [2.05, 4.69) is 17.4 Å². The Kier molecular flexibility index (Phi) is 3.32. The minimum Gasteiger partial charge on any atom is -0.497 e. The number of thioether (sulfide) groups is 1. The minimum absolute atomic E-state index is 0.551. The monoisotopic (exact) mass is 208 g/mol. The zero-order valence-corrected chi connectivity index (χ0v) is 9.09. The van der Waals surface area contributed by atoms with Crippen LogP contribution in [-0.2, 0) is 0 Å². The average Bonchev–Trinajstić information content (AvgIpc) is 2.30. The summed E-state index contributed by atoms with van der Waals surface area (Å²) in [6.07, 6.45) is 0. The molecule has 0 aliphatic carbocycles. The van der Waals surface area contributed by atoms with Crippen LogP contribution in [0.4, 0.5) is 0 Å². The third-order valence-electron chi connectivity index (χ3n) is 2.35. The molecule has 14 heavy (non-hydrogen) atoms. The molecule has 0 N–H and O–H groups in total. The third-order valence-corrected chi connectivity index (χ3v) is 3.59. The van der Waals surface area contributed by atoms with Crippen LogP contribution in [0.25, 0.3) is 0 Å². The van der Waals surface area contributed by atoms with Gasteiger partial charge in [-0.15, -0.1) is 0 Å². The number of benzene rings is 1. The van der Waals surface area contributed by atoms with E-state index in [1.807, 2.05) is 23.9 Å². The second-order valence-electron chi connectivity index (χ2n) is 3.26. The predicted molar refractivity (Wildman–Crippen MR) is 60.1 cm³/mol. The van der Waals surface area contributed by atoms with Gasteiger partial charge in [-0.1, -0.05) is 12.1 Å². The maximum Gasteiger partial charge on any atom is 0.118 e. The summed E-state index contributed by atoms with van der Waals surface area (Å²) in [6, 6.07) is 8.31. The number of methoxy groups -OCH3 is 1. The molecule has 2 nitrogen and oxygen atoms in total. The number of ether oxygens (including phenoxy) is 1. The van der Waals surface area contributed by atoms with Crippen molar-refractivity contribution in [1.82, 2.24) is 5.32 Å². The highest BCUT2D eigenvalue weighted by Gasteiger charge is 2.15. The van der Waals surface area contributed by atoms with Crippen LogP contribution in [0.1, 0.15) is 10.8 Å². The number of hydrogen-bond donors (Lipinski definition) is 0. The van der Waals surface area contributed by atoms with Gasteiger partial charge in [0.15, 0.2) is 0 Å². The number of rotatable bonds is 2. The molecule has 1 aliphatic heterocycles. The zero-order chi connectivity index (χ0) is 9.80. The molecule has 1 aliphatic rings. The van der Waals surface area contributed by atoms with Gasteiger partial charge in [0.05, 0.1) is 7.11 Å². The molecule has 0 aromatic heterocycles. The van der Waals surface area contributed by atoms with Gasteiger partial charge in [-0.05, 0) is 17.7 Å². The summed E-state index contributed by atoms with van der Waals surface area (Å²) >= 11 is 2.00. The highest BCUT2D eigenvalue weighted by molar-refractivity contribution is 7.99. The Balaban J connectivity index is 2.07. The molecule has 3 heteroatoms. The molecule has 1 saturated heterocycles. The van der Waals surface area contributed by atoms with Crippen molar-refractivity contribution in [1.29, 1.82) is 0 Å². The van der Waals surface area contributed by atoms with Gasteiger partial charge < -0.3 is 4.74 Å². The van der Waals surface area contributed by atoms with E-state index in [9.17, 15) is 0 Å². The van der Waals surface area contributed by atoms with E-state index in [1.54, 1.807) is 7.11 Å². The van der Waals surface area contributed by atoms with Gasteiger partial charge in [0, 0.05) is 24.1 Å². The smallest absolute Gasteiger partial charge is 0.118 e. The molecular formula is C11H14NOS. The Morgan fingerprint density at radius 2 is 2.14 bits per heavy atom. The standard InChI is InChI=1S/C11H14NOS/c1-13-10-4-2-9(3-5-10)11-8-12-6-7-14-11/h2-5,11H,6-8H2,1H3. The lowest BCUT2D eigenvalue weighted by atomic mass is 10.1. The van der Waals surface area contributed by atoms with Crippen molar-refractivity contribution < 1.29 is 4.74 Å². The summed E-state index contributed by atoms with van der Waals surface area (Å²) in [4.78, 5) is 0. The molecule has 1 aromatic carbocycles.